The van der Waals surface area contributed by atoms with E-state index in [2.05, 4.69) is 26.5 Å². The van der Waals surface area contributed by atoms with E-state index in [0.29, 0.717) is 18.9 Å². The number of nitro groups is 1. The molecule has 0 unspecified atom stereocenters. The zero-order valence-corrected chi connectivity index (χ0v) is 17.9. The average Bonchev–Trinajstić information content (AvgIpc) is 2.72. The van der Waals surface area contributed by atoms with E-state index in [9.17, 15) is 18.5 Å². The molecule has 1 heterocycles. The van der Waals surface area contributed by atoms with Gasteiger partial charge in [-0.15, -0.1) is 0 Å². The van der Waals surface area contributed by atoms with Crippen LogP contribution in [0.2, 0.25) is 0 Å². The van der Waals surface area contributed by atoms with E-state index in [1.54, 1.807) is 6.92 Å². The molecule has 1 saturated heterocycles. The Bertz CT molecular complexity index is 1050. The van der Waals surface area contributed by atoms with Gasteiger partial charge in [0.05, 0.1) is 28.7 Å². The van der Waals surface area contributed by atoms with Gasteiger partial charge in [0.2, 0.25) is 10.0 Å². The van der Waals surface area contributed by atoms with E-state index in [0.717, 1.165) is 16.1 Å². The maximum absolute atomic E-state index is 12.8. The Morgan fingerprint density at radius 2 is 1.97 bits per heavy atom. The summed E-state index contributed by atoms with van der Waals surface area (Å²) in [6.45, 7) is 2.78. The molecule has 2 aromatic rings. The van der Waals surface area contributed by atoms with Crippen LogP contribution in [0, 0.1) is 10.1 Å². The summed E-state index contributed by atoms with van der Waals surface area (Å²) in [5.74, 6) is 0. The van der Waals surface area contributed by atoms with Crippen LogP contribution in [0.5, 0.6) is 0 Å². The van der Waals surface area contributed by atoms with Gasteiger partial charge >= 0.3 is 0 Å². The monoisotopic (exact) mass is 482 g/mol. The average molecular weight is 483 g/mol. The molecule has 1 N–H and O–H groups in total. The van der Waals surface area contributed by atoms with Crippen LogP contribution in [0.25, 0.3) is 0 Å². The van der Waals surface area contributed by atoms with Gasteiger partial charge in [-0.25, -0.2) is 8.42 Å². The molecule has 3 rings (SSSR count). The fourth-order valence-corrected chi connectivity index (χ4v) is 4.60. The predicted molar refractivity (Wildman–Crippen MR) is 113 cm³/mol. The Labute approximate surface area is 176 Å². The number of rotatable bonds is 6. The molecule has 29 heavy (non-hydrogen) atoms. The minimum atomic E-state index is -3.83. The normalized spacial score (nSPS) is 15.9. The summed E-state index contributed by atoms with van der Waals surface area (Å²) >= 11 is 3.38. The zero-order chi connectivity index (χ0) is 21.0. The van der Waals surface area contributed by atoms with Gasteiger partial charge in [0.15, 0.2) is 0 Å². The number of morpholine rings is 1. The highest BCUT2D eigenvalue weighted by Crippen LogP contribution is 2.29. The topological polar surface area (TPSA) is 114 Å². The molecular weight excluding hydrogens is 464 g/mol. The van der Waals surface area contributed by atoms with E-state index >= 15 is 0 Å². The first-order valence-corrected chi connectivity index (χ1v) is 10.9. The second kappa shape index (κ2) is 8.99. The second-order valence-corrected chi connectivity index (χ2v) is 9.13. The standard InChI is InChI=1S/C18H19BrN4O5S/c1-13(14-3-2-4-15(19)11-14)20-21-17-6-5-16(12-18(17)23(24)25)29(26,27)22-7-9-28-10-8-22/h2-6,11-12,21H,7-10H2,1H3/b20-13+. The summed E-state index contributed by atoms with van der Waals surface area (Å²) in [5, 5.41) is 15.7. The number of hydrogen-bond acceptors (Lipinski definition) is 7. The lowest BCUT2D eigenvalue weighted by atomic mass is 10.1. The van der Waals surface area contributed by atoms with Crippen molar-refractivity contribution in [3.8, 4) is 0 Å². The van der Waals surface area contributed by atoms with E-state index in [1.807, 2.05) is 24.3 Å². The van der Waals surface area contributed by atoms with Crippen molar-refractivity contribution in [2.24, 2.45) is 5.10 Å². The molecule has 0 saturated carbocycles. The van der Waals surface area contributed by atoms with Gasteiger partial charge < -0.3 is 4.74 Å². The van der Waals surface area contributed by atoms with E-state index < -0.39 is 14.9 Å². The Balaban J connectivity index is 1.88. The van der Waals surface area contributed by atoms with Crippen molar-refractivity contribution in [3.05, 3.63) is 62.6 Å². The van der Waals surface area contributed by atoms with Crippen LogP contribution in [-0.4, -0.2) is 49.7 Å². The number of benzene rings is 2. The molecule has 1 aliphatic rings. The fraction of sp³-hybridized carbons (Fsp3) is 0.278. The molecule has 1 aliphatic heterocycles. The minimum Gasteiger partial charge on any atom is -0.379 e. The molecule has 2 aromatic carbocycles. The van der Waals surface area contributed by atoms with Crippen LogP contribution in [0.3, 0.4) is 0 Å². The van der Waals surface area contributed by atoms with Gasteiger partial charge in [0.1, 0.15) is 5.69 Å². The van der Waals surface area contributed by atoms with Gasteiger partial charge in [-0.2, -0.15) is 9.41 Å². The van der Waals surface area contributed by atoms with Crippen LogP contribution in [-0.2, 0) is 14.8 Å². The van der Waals surface area contributed by atoms with Gasteiger partial charge in [0.25, 0.3) is 5.69 Å². The Morgan fingerprint density at radius 3 is 2.62 bits per heavy atom. The molecule has 1 fully saturated rings. The highest BCUT2D eigenvalue weighted by atomic mass is 79.9. The van der Waals surface area contributed by atoms with Crippen molar-refractivity contribution >= 4 is 43.0 Å². The van der Waals surface area contributed by atoms with Crippen LogP contribution >= 0.6 is 15.9 Å². The molecular formula is C18H19BrN4O5S. The summed E-state index contributed by atoms with van der Waals surface area (Å²) in [6.07, 6.45) is 0. The van der Waals surface area contributed by atoms with Crippen molar-refractivity contribution in [1.82, 2.24) is 4.31 Å². The highest BCUT2D eigenvalue weighted by molar-refractivity contribution is 9.10. The predicted octanol–water partition coefficient (Wildman–Crippen LogP) is 3.21. The number of nitrogens with zero attached hydrogens (tertiary/aromatic N) is 3. The third kappa shape index (κ3) is 4.99. The molecule has 0 amide bonds. The smallest absolute Gasteiger partial charge is 0.295 e. The summed E-state index contributed by atoms with van der Waals surface area (Å²) in [5.41, 5.74) is 3.86. The lowest BCUT2D eigenvalue weighted by molar-refractivity contribution is -0.384. The van der Waals surface area contributed by atoms with Gasteiger partial charge in [-0.3, -0.25) is 15.5 Å². The lowest BCUT2D eigenvalue weighted by Crippen LogP contribution is -2.40. The van der Waals surface area contributed by atoms with Crippen LogP contribution in [0.15, 0.2) is 56.9 Å². The summed E-state index contributed by atoms with van der Waals surface area (Å²) in [4.78, 5) is 10.7. The van der Waals surface area contributed by atoms with Gasteiger partial charge in [-0.05, 0) is 36.8 Å². The first-order chi connectivity index (χ1) is 13.8. The van der Waals surface area contributed by atoms with Crippen molar-refractivity contribution in [3.63, 3.8) is 0 Å². The molecule has 0 bridgehead atoms. The minimum absolute atomic E-state index is 0.102. The molecule has 0 radical (unpaired) electrons. The summed E-state index contributed by atoms with van der Waals surface area (Å²) in [6, 6.07) is 11.2. The number of halogens is 1. The number of hydrogen-bond donors (Lipinski definition) is 1. The van der Waals surface area contributed by atoms with Crippen molar-refractivity contribution < 1.29 is 18.1 Å². The summed E-state index contributed by atoms with van der Waals surface area (Å²) < 4.78 is 32.8. The maximum atomic E-state index is 12.8. The molecule has 0 aromatic heterocycles. The molecule has 11 heteroatoms. The van der Waals surface area contributed by atoms with E-state index in [1.165, 1.54) is 16.4 Å². The zero-order valence-electron chi connectivity index (χ0n) is 15.5. The summed E-state index contributed by atoms with van der Waals surface area (Å²) in [7, 11) is -3.83. The first-order valence-electron chi connectivity index (χ1n) is 8.71. The van der Waals surface area contributed by atoms with E-state index in [4.69, 9.17) is 4.74 Å². The second-order valence-electron chi connectivity index (χ2n) is 6.27. The van der Waals surface area contributed by atoms with Crippen molar-refractivity contribution in [1.29, 1.82) is 0 Å². The Kier molecular flexibility index (Phi) is 6.63. The van der Waals surface area contributed by atoms with Gasteiger partial charge in [-0.1, -0.05) is 28.1 Å². The maximum Gasteiger partial charge on any atom is 0.295 e. The number of hydrazone groups is 1. The lowest BCUT2D eigenvalue weighted by Gasteiger charge is -2.26. The van der Waals surface area contributed by atoms with Crippen LogP contribution < -0.4 is 5.43 Å². The number of sulfonamides is 1. The molecule has 0 aliphatic carbocycles. The SMILES string of the molecule is C/C(=N\Nc1ccc(S(=O)(=O)N2CCOCC2)cc1[N+](=O)[O-])c1cccc(Br)c1. The third-order valence-corrected chi connectivity index (χ3v) is 6.75. The Hall–Kier alpha value is -2.34. The number of anilines is 1. The quantitative estimate of drug-likeness (QED) is 0.384. The third-order valence-electron chi connectivity index (χ3n) is 4.36. The molecule has 154 valence electrons. The highest BCUT2D eigenvalue weighted by Gasteiger charge is 2.28. The number of nitrogens with one attached hydrogen (secondary N) is 1. The largest absolute Gasteiger partial charge is 0.379 e. The number of nitro benzene ring substituents is 1. The van der Waals surface area contributed by atoms with Crippen molar-refractivity contribution in [2.75, 3.05) is 31.7 Å². The number of ether oxygens (including phenoxy) is 1. The van der Waals surface area contributed by atoms with Crippen LogP contribution in [0.4, 0.5) is 11.4 Å². The van der Waals surface area contributed by atoms with Gasteiger partial charge in [0, 0.05) is 23.6 Å². The van der Waals surface area contributed by atoms with E-state index in [-0.39, 0.29) is 29.4 Å². The first kappa shape index (κ1) is 21.4. The Morgan fingerprint density at radius 1 is 1.24 bits per heavy atom. The van der Waals surface area contributed by atoms with Crippen LogP contribution in [0.1, 0.15) is 12.5 Å². The molecule has 0 atom stereocenters. The van der Waals surface area contributed by atoms with Crippen molar-refractivity contribution in [2.45, 2.75) is 11.8 Å². The molecule has 0 spiro atoms. The fourth-order valence-electron chi connectivity index (χ4n) is 2.78. The molecule has 9 nitrogen and oxygen atoms in total.